The highest BCUT2D eigenvalue weighted by atomic mass is 35.5. The Balaban J connectivity index is -0.000000150. The minimum Gasteiger partial charge on any atom is -0.374 e. The molecule has 13 heteroatoms. The third-order valence-corrected chi connectivity index (χ3v) is 2.64. The molecular formula is C7H9ClF7O3S2. The van der Waals surface area contributed by atoms with E-state index >= 15 is 0 Å². The summed E-state index contributed by atoms with van der Waals surface area (Å²) in [6, 6.07) is 5.08. The van der Waals surface area contributed by atoms with Gasteiger partial charge in [-0.15, -0.1) is 12.4 Å². The van der Waals surface area contributed by atoms with Gasteiger partial charge in [-0.1, -0.05) is 24.8 Å². The van der Waals surface area contributed by atoms with Crippen molar-refractivity contribution >= 4 is 35.2 Å². The van der Waals surface area contributed by atoms with Crippen molar-refractivity contribution in [1.82, 2.24) is 0 Å². The van der Waals surface area contributed by atoms with Gasteiger partial charge in [0.15, 0.2) is 5.75 Å². The number of hydrogen-bond donors (Lipinski definition) is 0. The summed E-state index contributed by atoms with van der Waals surface area (Å²) in [6.45, 7) is 0. The molecule has 0 N–H and O–H groups in total. The van der Waals surface area contributed by atoms with Crippen LogP contribution in [-0.4, -0.2) is 13.9 Å². The van der Waals surface area contributed by atoms with Crippen molar-refractivity contribution in [3.8, 4) is 5.75 Å². The maximum atomic E-state index is 11.9. The zero-order valence-corrected chi connectivity index (χ0v) is 11.5. The molecule has 3 nitrogen and oxygen atoms in total. The highest BCUT2D eigenvalue weighted by molar-refractivity contribution is 7.88. The van der Waals surface area contributed by atoms with Gasteiger partial charge in [-0.3, -0.25) is 18.8 Å². The molecule has 1 aromatic rings. The van der Waals surface area contributed by atoms with Gasteiger partial charge in [0.25, 0.3) is 0 Å². The third-order valence-electron chi connectivity index (χ3n) is 1.33. The lowest BCUT2D eigenvalue weighted by molar-refractivity contribution is -0.0500. The zero-order valence-electron chi connectivity index (χ0n) is 9.03. The van der Waals surface area contributed by atoms with Gasteiger partial charge in [0.05, 0.1) is 4.90 Å². The Morgan fingerprint density at radius 3 is 1.75 bits per heavy atom. The third kappa shape index (κ3) is 7.55. The maximum absolute atomic E-state index is 11.9. The summed E-state index contributed by atoms with van der Waals surface area (Å²) >= 11 is 4.59. The molecule has 0 aliphatic heterocycles. The van der Waals surface area contributed by atoms with Crippen molar-refractivity contribution in [3.63, 3.8) is 0 Å². The average molecular weight is 374 g/mol. The summed E-state index contributed by atoms with van der Waals surface area (Å²) in [4.78, 5) is -0.106. The molecule has 0 aliphatic carbocycles. The van der Waals surface area contributed by atoms with Crippen LogP contribution in [-0.2, 0) is 10.1 Å². The van der Waals surface area contributed by atoms with E-state index in [1.54, 1.807) is 0 Å². The molecule has 0 atom stereocenters. The fourth-order valence-corrected chi connectivity index (χ4v) is 1.40. The zero-order chi connectivity index (χ0) is 11.7. The minimum atomic E-state index is -5.64. The van der Waals surface area contributed by atoms with E-state index in [1.807, 2.05) is 0 Å². The van der Waals surface area contributed by atoms with Gasteiger partial charge in [0.1, 0.15) is 0 Å². The van der Waals surface area contributed by atoms with Crippen LogP contribution in [0.25, 0.3) is 0 Å². The van der Waals surface area contributed by atoms with E-state index in [0.717, 1.165) is 6.07 Å². The fraction of sp³-hybridized carbons (Fsp3) is 0.143. The molecule has 1 aromatic carbocycles. The van der Waals surface area contributed by atoms with Gasteiger partial charge in [-0.05, 0) is 12.1 Å². The van der Waals surface area contributed by atoms with Crippen molar-refractivity contribution < 1.29 is 44.6 Å². The lowest BCUT2D eigenvalue weighted by atomic mass is 10.3. The van der Waals surface area contributed by atoms with E-state index in [4.69, 9.17) is 0 Å². The summed E-state index contributed by atoms with van der Waals surface area (Å²) in [5, 5.41) is 0. The fourth-order valence-electron chi connectivity index (χ4n) is 0.684. The van der Waals surface area contributed by atoms with Crippen LogP contribution in [0.2, 0.25) is 0 Å². The smallest absolute Gasteiger partial charge is 0.374 e. The van der Waals surface area contributed by atoms with Crippen LogP contribution in [0.15, 0.2) is 29.2 Å². The van der Waals surface area contributed by atoms with E-state index in [1.165, 1.54) is 18.2 Å². The first-order chi connectivity index (χ1) is 6.74. The molecule has 0 saturated carbocycles. The molecule has 0 heterocycles. The van der Waals surface area contributed by atoms with Gasteiger partial charge >= 0.3 is 15.6 Å². The van der Waals surface area contributed by atoms with Crippen molar-refractivity contribution in [2.45, 2.75) is 10.4 Å². The number of para-hydroxylation sites is 1. The Labute approximate surface area is 120 Å². The van der Waals surface area contributed by atoms with Crippen LogP contribution in [0.1, 0.15) is 0 Å². The van der Waals surface area contributed by atoms with Crippen molar-refractivity contribution in [3.05, 3.63) is 24.3 Å². The van der Waals surface area contributed by atoms with E-state index in [9.17, 15) is 21.6 Å². The predicted molar refractivity (Wildman–Crippen MR) is 65.2 cm³/mol. The number of halogens is 8. The Bertz CT molecular complexity index is 466. The molecule has 0 saturated heterocycles. The molecule has 1 radical (unpaired) electrons. The molecule has 20 heavy (non-hydrogen) atoms. The Kier molecular flexibility index (Phi) is 16.9. The van der Waals surface area contributed by atoms with Gasteiger partial charge in [-0.2, -0.15) is 21.6 Å². The second kappa shape index (κ2) is 10.7. The van der Waals surface area contributed by atoms with Crippen LogP contribution < -0.4 is 4.18 Å². The second-order valence-corrected chi connectivity index (χ2v) is 4.41. The van der Waals surface area contributed by atoms with Crippen LogP contribution in [0.5, 0.6) is 5.75 Å². The van der Waals surface area contributed by atoms with E-state index in [2.05, 4.69) is 16.8 Å². The van der Waals surface area contributed by atoms with E-state index in [-0.39, 0.29) is 36.1 Å². The summed E-state index contributed by atoms with van der Waals surface area (Å²) in [6.07, 6.45) is 0. The molecule has 0 bridgehead atoms. The molecule has 0 amide bonds. The molecule has 1 rings (SSSR count). The standard InChI is InChI=1S/C7H4F3O3S2.ClH.4FH/c8-7(9,10)15(11,12)13-5-3-1-2-4-6(5)14;;;;;/h1-4H;5*1H. The maximum Gasteiger partial charge on any atom is 0.534 e. The first-order valence-corrected chi connectivity index (χ1v) is 5.32. The summed E-state index contributed by atoms with van der Waals surface area (Å²) in [5.41, 5.74) is -5.45. The van der Waals surface area contributed by atoms with Crippen LogP contribution in [0, 0.1) is 0 Å². The van der Waals surface area contributed by atoms with Gasteiger partial charge < -0.3 is 4.18 Å². The van der Waals surface area contributed by atoms with Crippen molar-refractivity contribution in [2.75, 3.05) is 0 Å². The molecule has 0 aliphatic rings. The number of rotatable bonds is 2. The lowest BCUT2D eigenvalue weighted by Gasteiger charge is -2.09. The van der Waals surface area contributed by atoms with Gasteiger partial charge in [-0.25, -0.2) is 0 Å². The van der Waals surface area contributed by atoms with Crippen LogP contribution >= 0.6 is 25.0 Å². The van der Waals surface area contributed by atoms with Crippen LogP contribution in [0.4, 0.5) is 32.0 Å². The number of alkyl halides is 3. The normalized spacial score (nSPS) is 9.35. The predicted octanol–water partition coefficient (Wildman–Crippen LogP) is 3.50. The quantitative estimate of drug-likeness (QED) is 0.453. The number of benzene rings is 1. The molecule has 123 valence electrons. The average Bonchev–Trinajstić information content (AvgIpc) is 2.06. The molecule has 0 fully saturated rings. The monoisotopic (exact) mass is 373 g/mol. The lowest BCUT2D eigenvalue weighted by Crippen LogP contribution is -2.28. The first kappa shape index (κ1) is 31.4. The summed E-state index contributed by atoms with van der Waals surface area (Å²) in [7, 11) is -5.64. The van der Waals surface area contributed by atoms with Crippen LogP contribution in [0.3, 0.4) is 0 Å². The van der Waals surface area contributed by atoms with Gasteiger partial charge in [0.2, 0.25) is 0 Å². The van der Waals surface area contributed by atoms with Crippen molar-refractivity contribution in [1.29, 1.82) is 0 Å². The highest BCUT2D eigenvalue weighted by Crippen LogP contribution is 2.29. The van der Waals surface area contributed by atoms with Crippen molar-refractivity contribution in [2.24, 2.45) is 0 Å². The topological polar surface area (TPSA) is 43.4 Å². The summed E-state index contributed by atoms with van der Waals surface area (Å²) in [5.74, 6) is -0.509. The molecule has 0 aromatic heterocycles. The Morgan fingerprint density at radius 2 is 1.40 bits per heavy atom. The minimum absolute atomic E-state index is 0. The molecular weight excluding hydrogens is 365 g/mol. The highest BCUT2D eigenvalue weighted by Gasteiger charge is 2.48. The second-order valence-electron chi connectivity index (χ2n) is 2.43. The SMILES string of the molecule is Cl.F.F.F.F.O=S(=O)(Oc1ccccc1[S])C(F)(F)F. The van der Waals surface area contributed by atoms with E-state index in [0.29, 0.717) is 0 Å². The van der Waals surface area contributed by atoms with Gasteiger partial charge in [0, 0.05) is 0 Å². The molecule has 0 unspecified atom stereocenters. The first-order valence-electron chi connectivity index (χ1n) is 3.51. The number of hydrogen-bond acceptors (Lipinski definition) is 3. The largest absolute Gasteiger partial charge is 0.534 e. The van der Waals surface area contributed by atoms with E-state index < -0.39 is 21.4 Å². The Morgan fingerprint density at radius 1 is 1.00 bits per heavy atom. The summed E-state index contributed by atoms with van der Waals surface area (Å²) < 4.78 is 60.7. The Hall–Kier alpha value is -1.01. The molecule has 0 spiro atoms.